The van der Waals surface area contributed by atoms with Crippen molar-refractivity contribution in [2.24, 2.45) is 10.2 Å². The van der Waals surface area contributed by atoms with Gasteiger partial charge in [-0.2, -0.15) is 10.2 Å². The number of ether oxygens (including phenoxy) is 1. The smallest absolute Gasteiger partial charge is 0.186 e. The largest absolute Gasteiger partial charge is 0.493 e. The van der Waals surface area contributed by atoms with Gasteiger partial charge in [0.1, 0.15) is 11.4 Å². The van der Waals surface area contributed by atoms with E-state index in [1.807, 2.05) is 24.3 Å². The Morgan fingerprint density at radius 2 is 1.73 bits per heavy atom. The Morgan fingerprint density at radius 3 is 2.45 bits per heavy atom. The molecule has 0 fully saturated rings. The van der Waals surface area contributed by atoms with E-state index in [0.717, 1.165) is 5.56 Å². The van der Waals surface area contributed by atoms with E-state index in [1.54, 1.807) is 12.1 Å². The molecule has 1 aliphatic heterocycles. The molecule has 1 atom stereocenters. The molecule has 1 aliphatic rings. The maximum atomic E-state index is 6.64. The summed E-state index contributed by atoms with van der Waals surface area (Å²) < 4.78 is 5.58. The zero-order valence-electron chi connectivity index (χ0n) is 11.2. The maximum absolute atomic E-state index is 6.64. The van der Waals surface area contributed by atoms with Gasteiger partial charge in [-0.15, -0.1) is 0 Å². The summed E-state index contributed by atoms with van der Waals surface area (Å²) in [6, 6.07) is 10.6. The number of halogens is 4. The molecule has 1 heterocycles. The van der Waals surface area contributed by atoms with Crippen molar-refractivity contribution < 1.29 is 4.74 Å². The molecule has 114 valence electrons. The lowest BCUT2D eigenvalue weighted by Crippen LogP contribution is -2.25. The summed E-state index contributed by atoms with van der Waals surface area (Å²) in [6.07, 6.45) is 0.498. The van der Waals surface area contributed by atoms with Gasteiger partial charge in [-0.1, -0.05) is 64.6 Å². The van der Waals surface area contributed by atoms with Crippen molar-refractivity contribution in [1.82, 2.24) is 0 Å². The molecule has 22 heavy (non-hydrogen) atoms. The molecule has 0 radical (unpaired) electrons. The molecule has 1 unspecified atom stereocenters. The molecule has 7 heteroatoms. The fraction of sp³-hybridized carbons (Fsp3) is 0.200. The lowest BCUT2D eigenvalue weighted by atomic mass is 10.0. The highest BCUT2D eigenvalue weighted by Crippen LogP contribution is 2.45. The van der Waals surface area contributed by atoms with Crippen LogP contribution in [0.15, 0.2) is 46.6 Å². The van der Waals surface area contributed by atoms with E-state index < -0.39 is 5.00 Å². The van der Waals surface area contributed by atoms with E-state index in [2.05, 4.69) is 10.2 Å². The summed E-state index contributed by atoms with van der Waals surface area (Å²) in [7, 11) is 0. The van der Waals surface area contributed by atoms with Crippen LogP contribution in [0, 0.1) is 0 Å². The van der Waals surface area contributed by atoms with Crippen molar-refractivity contribution in [3.63, 3.8) is 0 Å². The van der Waals surface area contributed by atoms with Crippen molar-refractivity contribution in [2.45, 2.75) is 11.4 Å². The number of hydrogen-bond acceptors (Lipinski definition) is 3. The quantitative estimate of drug-likeness (QED) is 0.330. The minimum Gasteiger partial charge on any atom is -0.493 e. The third kappa shape index (κ3) is 3.04. The first kappa shape index (κ1) is 15.9. The Bertz CT molecular complexity index is 727. The molecule has 0 aliphatic carbocycles. The number of para-hydroxylation sites is 1. The molecule has 2 aromatic carbocycles. The second kappa shape index (κ2) is 6.25. The average Bonchev–Trinajstić information content (AvgIpc) is 2.46. The van der Waals surface area contributed by atoms with E-state index >= 15 is 0 Å². The van der Waals surface area contributed by atoms with Crippen molar-refractivity contribution in [3.8, 4) is 5.75 Å². The van der Waals surface area contributed by atoms with Gasteiger partial charge in [-0.05, 0) is 18.2 Å². The van der Waals surface area contributed by atoms with Gasteiger partial charge in [-0.3, -0.25) is 0 Å². The van der Waals surface area contributed by atoms with E-state index in [-0.39, 0.29) is 0 Å². The molecular weight excluding hydrogens is 366 g/mol. The van der Waals surface area contributed by atoms with Crippen LogP contribution >= 0.6 is 46.4 Å². The van der Waals surface area contributed by atoms with Crippen LogP contribution in [0.25, 0.3) is 0 Å². The van der Waals surface area contributed by atoms with Crippen molar-refractivity contribution in [1.29, 1.82) is 0 Å². The van der Waals surface area contributed by atoms with Gasteiger partial charge < -0.3 is 4.74 Å². The van der Waals surface area contributed by atoms with E-state index in [1.165, 1.54) is 0 Å². The predicted molar refractivity (Wildman–Crippen MR) is 90.1 cm³/mol. The molecule has 0 saturated carbocycles. The number of hydrogen-bond donors (Lipinski definition) is 0. The Morgan fingerprint density at radius 1 is 1.05 bits per heavy atom. The highest BCUT2D eigenvalue weighted by atomic mass is 35.5. The van der Waals surface area contributed by atoms with Crippen LogP contribution < -0.4 is 4.74 Å². The molecule has 2 aromatic rings. The summed E-state index contributed by atoms with van der Waals surface area (Å²) in [5.74, 6) is 0.705. The van der Waals surface area contributed by atoms with Gasteiger partial charge in [0.15, 0.2) is 5.00 Å². The predicted octanol–water partition coefficient (Wildman–Crippen LogP) is 6.60. The molecule has 3 nitrogen and oxygen atoms in total. The monoisotopic (exact) mass is 374 g/mol. The SMILES string of the molecule is Clc1cc(Cl)c(N=NC2(Cl)CCOc3ccccc32)c(Cl)c1. The summed E-state index contributed by atoms with van der Waals surface area (Å²) >= 11 is 24.7. The van der Waals surface area contributed by atoms with Gasteiger partial charge in [0, 0.05) is 17.0 Å². The Labute approximate surface area is 147 Å². The second-order valence-electron chi connectivity index (χ2n) is 4.77. The second-order valence-corrected chi connectivity index (χ2v) is 6.65. The minimum absolute atomic E-state index is 0.321. The Hall–Kier alpha value is -1.00. The van der Waals surface area contributed by atoms with Crippen LogP contribution in [-0.4, -0.2) is 6.61 Å². The summed E-state index contributed by atoms with van der Waals surface area (Å²) in [5.41, 5.74) is 1.12. The first-order chi connectivity index (χ1) is 10.5. The Balaban J connectivity index is 2.00. The van der Waals surface area contributed by atoms with Crippen LogP contribution in [0.2, 0.25) is 15.1 Å². The number of azo groups is 1. The van der Waals surface area contributed by atoms with Crippen molar-refractivity contribution in [3.05, 3.63) is 57.0 Å². The summed E-state index contributed by atoms with van der Waals surface area (Å²) in [6.45, 7) is 0.460. The number of nitrogens with zero attached hydrogens (tertiary/aromatic N) is 2. The van der Waals surface area contributed by atoms with Crippen molar-refractivity contribution >= 4 is 52.1 Å². The molecule has 0 saturated heterocycles. The van der Waals surface area contributed by atoms with Gasteiger partial charge in [0.2, 0.25) is 0 Å². The number of alkyl halides is 1. The van der Waals surface area contributed by atoms with Crippen LogP contribution in [-0.2, 0) is 5.00 Å². The highest BCUT2D eigenvalue weighted by Gasteiger charge is 2.36. The first-order valence-corrected chi connectivity index (χ1v) is 7.99. The van der Waals surface area contributed by atoms with Gasteiger partial charge in [0.25, 0.3) is 0 Å². The maximum Gasteiger partial charge on any atom is 0.186 e. The van der Waals surface area contributed by atoms with E-state index in [9.17, 15) is 0 Å². The highest BCUT2D eigenvalue weighted by molar-refractivity contribution is 6.41. The van der Waals surface area contributed by atoms with Crippen LogP contribution in [0.5, 0.6) is 5.75 Å². The standard InChI is InChI=1S/C15H10Cl4N2O/c16-9-7-11(17)14(12(18)8-9)20-21-15(19)5-6-22-13-4-2-1-3-10(13)15/h1-4,7-8H,5-6H2. The number of benzene rings is 2. The average molecular weight is 376 g/mol. The van der Waals surface area contributed by atoms with E-state index in [4.69, 9.17) is 51.1 Å². The van der Waals surface area contributed by atoms with Crippen molar-refractivity contribution in [2.75, 3.05) is 6.61 Å². The molecule has 3 rings (SSSR count). The lowest BCUT2D eigenvalue weighted by Gasteiger charge is -2.29. The van der Waals surface area contributed by atoms with Gasteiger partial charge in [0.05, 0.1) is 16.7 Å². The number of rotatable bonds is 2. The molecule has 0 aromatic heterocycles. The van der Waals surface area contributed by atoms with Gasteiger partial charge in [-0.25, -0.2) is 0 Å². The summed E-state index contributed by atoms with van der Waals surface area (Å²) in [4.78, 5) is -0.999. The molecule has 0 N–H and O–H groups in total. The minimum atomic E-state index is -0.999. The zero-order chi connectivity index (χ0) is 15.7. The van der Waals surface area contributed by atoms with Crippen LogP contribution in [0.1, 0.15) is 12.0 Å². The van der Waals surface area contributed by atoms with Crippen LogP contribution in [0.3, 0.4) is 0 Å². The number of fused-ring (bicyclic) bond motifs is 1. The molecule has 0 spiro atoms. The zero-order valence-corrected chi connectivity index (χ0v) is 14.2. The molecular formula is C15H10Cl4N2O. The normalized spacial score (nSPS) is 20.7. The lowest BCUT2D eigenvalue weighted by molar-refractivity contribution is 0.253. The summed E-state index contributed by atoms with van der Waals surface area (Å²) in [5, 5.41) is 9.51. The molecule has 0 amide bonds. The fourth-order valence-corrected chi connectivity index (χ4v) is 3.37. The molecule has 0 bridgehead atoms. The van der Waals surface area contributed by atoms with E-state index in [0.29, 0.717) is 39.5 Å². The fourth-order valence-electron chi connectivity index (χ4n) is 2.20. The van der Waals surface area contributed by atoms with Crippen LogP contribution in [0.4, 0.5) is 5.69 Å². The third-order valence-electron chi connectivity index (χ3n) is 3.28. The Kier molecular flexibility index (Phi) is 4.51. The topological polar surface area (TPSA) is 34.0 Å². The third-order valence-corrected chi connectivity index (χ3v) is 4.54. The first-order valence-electron chi connectivity index (χ1n) is 6.48. The van der Waals surface area contributed by atoms with Gasteiger partial charge >= 0.3 is 0 Å².